The largest absolute Gasteiger partial charge is 0.463 e. The number of carbonyl (C=O) groups excluding carboxylic acids is 2. The summed E-state index contributed by atoms with van der Waals surface area (Å²) in [6.45, 7) is 2.63. The van der Waals surface area contributed by atoms with E-state index in [1.807, 2.05) is 0 Å². The van der Waals surface area contributed by atoms with Crippen LogP contribution in [0.1, 0.15) is 22.8 Å². The zero-order valence-electron chi connectivity index (χ0n) is 14.1. The van der Waals surface area contributed by atoms with Gasteiger partial charge in [-0.15, -0.1) is 0 Å². The van der Waals surface area contributed by atoms with E-state index in [1.165, 1.54) is 28.6 Å². The molecule has 0 bridgehead atoms. The lowest BCUT2D eigenvalue weighted by molar-refractivity contribution is -0.137. The third-order valence-electron chi connectivity index (χ3n) is 3.67. The molecule has 0 atom stereocenters. The van der Waals surface area contributed by atoms with Crippen LogP contribution in [0.15, 0.2) is 46.5 Å². The third kappa shape index (κ3) is 4.02. The Morgan fingerprint density at radius 1 is 1.35 bits per heavy atom. The van der Waals surface area contributed by atoms with E-state index in [0.29, 0.717) is 24.0 Å². The molecule has 0 saturated heterocycles. The van der Waals surface area contributed by atoms with E-state index in [2.05, 4.69) is 10.3 Å². The van der Waals surface area contributed by atoms with Crippen LogP contribution in [0.25, 0.3) is 6.08 Å². The van der Waals surface area contributed by atoms with Gasteiger partial charge in [0.25, 0.3) is 11.5 Å². The molecule has 7 nitrogen and oxygen atoms in total. The maximum atomic E-state index is 12.4. The van der Waals surface area contributed by atoms with Crippen molar-refractivity contribution in [2.45, 2.75) is 18.6 Å². The Morgan fingerprint density at radius 3 is 2.85 bits per heavy atom. The third-order valence-corrected chi connectivity index (χ3v) is 4.64. The molecule has 1 amide bonds. The molecular formula is C18H17N3O4S. The van der Waals surface area contributed by atoms with Crippen molar-refractivity contribution in [1.82, 2.24) is 9.55 Å². The molecule has 2 heterocycles. The van der Waals surface area contributed by atoms with Crippen molar-refractivity contribution in [3.8, 4) is 0 Å². The Morgan fingerprint density at radius 2 is 2.12 bits per heavy atom. The van der Waals surface area contributed by atoms with E-state index in [-0.39, 0.29) is 11.1 Å². The molecule has 1 aliphatic heterocycles. The zero-order valence-corrected chi connectivity index (χ0v) is 14.9. The summed E-state index contributed by atoms with van der Waals surface area (Å²) in [5.74, 6) is -0.120. The maximum absolute atomic E-state index is 12.4. The fourth-order valence-electron chi connectivity index (χ4n) is 2.40. The summed E-state index contributed by atoms with van der Waals surface area (Å²) in [6.07, 6.45) is 4.28. The Bertz CT molecular complexity index is 919. The van der Waals surface area contributed by atoms with E-state index in [4.69, 9.17) is 4.74 Å². The molecule has 0 radical (unpaired) electrons. The molecule has 0 saturated carbocycles. The topological polar surface area (TPSA) is 90.3 Å². The second kappa shape index (κ2) is 8.01. The van der Waals surface area contributed by atoms with Gasteiger partial charge in [0.15, 0.2) is 5.16 Å². The van der Waals surface area contributed by atoms with E-state index < -0.39 is 11.9 Å². The number of amides is 1. The first-order valence-corrected chi connectivity index (χ1v) is 9.06. The lowest BCUT2D eigenvalue weighted by atomic mass is 10.2. The van der Waals surface area contributed by atoms with Gasteiger partial charge in [-0.25, -0.2) is 9.78 Å². The number of nitrogens with zero attached hydrogens (tertiary/aromatic N) is 2. The zero-order chi connectivity index (χ0) is 18.5. The van der Waals surface area contributed by atoms with Gasteiger partial charge in [0.05, 0.1) is 6.61 Å². The van der Waals surface area contributed by atoms with Crippen LogP contribution in [-0.4, -0.2) is 33.8 Å². The van der Waals surface area contributed by atoms with Gasteiger partial charge in [0, 0.05) is 30.3 Å². The molecule has 1 aromatic heterocycles. The highest BCUT2D eigenvalue weighted by atomic mass is 32.2. The quantitative estimate of drug-likeness (QED) is 0.492. The number of esters is 1. The van der Waals surface area contributed by atoms with Crippen molar-refractivity contribution >= 4 is 35.4 Å². The fraction of sp³-hybridized carbons (Fsp3) is 0.222. The first-order chi connectivity index (χ1) is 12.6. The summed E-state index contributed by atoms with van der Waals surface area (Å²) in [4.78, 5) is 40.2. The second-order valence-electron chi connectivity index (χ2n) is 5.42. The van der Waals surface area contributed by atoms with Crippen LogP contribution >= 0.6 is 11.8 Å². The van der Waals surface area contributed by atoms with Crippen LogP contribution < -0.4 is 10.9 Å². The van der Waals surface area contributed by atoms with Crippen molar-refractivity contribution in [2.75, 3.05) is 17.7 Å². The highest BCUT2D eigenvalue weighted by molar-refractivity contribution is 7.99. The summed E-state index contributed by atoms with van der Waals surface area (Å²) in [7, 11) is 0. The first kappa shape index (κ1) is 17.9. The molecule has 0 unspecified atom stereocenters. The highest BCUT2D eigenvalue weighted by Crippen LogP contribution is 2.20. The van der Waals surface area contributed by atoms with Gasteiger partial charge < -0.3 is 10.1 Å². The first-order valence-electron chi connectivity index (χ1n) is 8.07. The number of anilines is 1. The highest BCUT2D eigenvalue weighted by Gasteiger charge is 2.19. The van der Waals surface area contributed by atoms with Crippen molar-refractivity contribution in [1.29, 1.82) is 0 Å². The van der Waals surface area contributed by atoms with Crippen LogP contribution in [0.3, 0.4) is 0 Å². The maximum Gasteiger partial charge on any atom is 0.330 e. The number of ether oxygens (including phenoxy) is 1. The van der Waals surface area contributed by atoms with Crippen LogP contribution in [-0.2, 0) is 16.1 Å². The lowest BCUT2D eigenvalue weighted by Crippen LogP contribution is -2.29. The van der Waals surface area contributed by atoms with Crippen molar-refractivity contribution < 1.29 is 14.3 Å². The van der Waals surface area contributed by atoms with Crippen molar-refractivity contribution in [3.63, 3.8) is 0 Å². The Labute approximate surface area is 154 Å². The number of aromatic nitrogens is 2. The van der Waals surface area contributed by atoms with E-state index in [0.717, 1.165) is 11.3 Å². The molecule has 134 valence electrons. The number of hydrogen-bond donors (Lipinski definition) is 1. The van der Waals surface area contributed by atoms with Crippen LogP contribution in [0.4, 0.5) is 5.69 Å². The van der Waals surface area contributed by atoms with Crippen molar-refractivity contribution in [2.24, 2.45) is 0 Å². The fourth-order valence-corrected chi connectivity index (χ4v) is 3.32. The summed E-state index contributed by atoms with van der Waals surface area (Å²) in [6, 6.07) is 6.87. The van der Waals surface area contributed by atoms with Crippen LogP contribution in [0, 0.1) is 0 Å². The standard InChI is InChI=1S/C18H17N3O4S/c1-2-25-15(22)8-5-12-3-6-13(7-4-12)20-16(23)14-11-19-18-21(17(14)24)9-10-26-18/h3-8,11H,2,9-10H2,1H3,(H,20,23)/b8-5+. The Kier molecular flexibility index (Phi) is 5.52. The van der Waals surface area contributed by atoms with E-state index in [9.17, 15) is 14.4 Å². The Hall–Kier alpha value is -2.87. The smallest absolute Gasteiger partial charge is 0.330 e. The molecular weight excluding hydrogens is 354 g/mol. The summed E-state index contributed by atoms with van der Waals surface area (Å²) < 4.78 is 6.33. The summed E-state index contributed by atoms with van der Waals surface area (Å²) >= 11 is 1.50. The number of hydrogen-bond acceptors (Lipinski definition) is 6. The minimum atomic E-state index is -0.496. The molecule has 0 fully saturated rings. The monoisotopic (exact) mass is 371 g/mol. The predicted octanol–water partition coefficient (Wildman–Crippen LogP) is 2.18. The molecule has 0 aliphatic carbocycles. The Balaban J connectivity index is 1.69. The van der Waals surface area contributed by atoms with Gasteiger partial charge in [0.1, 0.15) is 5.56 Å². The summed E-state index contributed by atoms with van der Waals surface area (Å²) in [5, 5.41) is 3.33. The number of nitrogens with one attached hydrogen (secondary N) is 1. The normalized spacial score (nSPS) is 12.8. The molecule has 1 aliphatic rings. The van der Waals surface area contributed by atoms with E-state index in [1.54, 1.807) is 37.3 Å². The van der Waals surface area contributed by atoms with Gasteiger partial charge >= 0.3 is 5.97 Å². The average Bonchev–Trinajstić information content (AvgIpc) is 3.11. The van der Waals surface area contributed by atoms with Crippen molar-refractivity contribution in [3.05, 3.63) is 58.0 Å². The summed E-state index contributed by atoms with van der Waals surface area (Å²) in [5.41, 5.74) is 1.02. The minimum Gasteiger partial charge on any atom is -0.463 e. The SMILES string of the molecule is CCOC(=O)/C=C/c1ccc(NC(=O)c2cnc3n(c2=O)CCS3)cc1. The molecule has 0 spiro atoms. The second-order valence-corrected chi connectivity index (χ2v) is 6.48. The number of rotatable bonds is 5. The number of fused-ring (bicyclic) bond motifs is 1. The lowest BCUT2D eigenvalue weighted by Gasteiger charge is -2.07. The van der Waals surface area contributed by atoms with E-state index >= 15 is 0 Å². The molecule has 26 heavy (non-hydrogen) atoms. The molecule has 1 N–H and O–H groups in total. The minimum absolute atomic E-state index is 0.0162. The van der Waals surface area contributed by atoms with Gasteiger partial charge in [-0.3, -0.25) is 14.2 Å². The van der Waals surface area contributed by atoms with Gasteiger partial charge in [0.2, 0.25) is 0 Å². The molecule has 1 aromatic carbocycles. The molecule has 3 rings (SSSR count). The molecule has 2 aromatic rings. The predicted molar refractivity (Wildman–Crippen MR) is 99.3 cm³/mol. The van der Waals surface area contributed by atoms with Crippen LogP contribution in [0.2, 0.25) is 0 Å². The van der Waals surface area contributed by atoms with Gasteiger partial charge in [-0.1, -0.05) is 23.9 Å². The number of thioether (sulfide) groups is 1. The van der Waals surface area contributed by atoms with Gasteiger partial charge in [-0.2, -0.15) is 0 Å². The number of carbonyl (C=O) groups is 2. The van der Waals surface area contributed by atoms with Crippen LogP contribution in [0.5, 0.6) is 0 Å². The average molecular weight is 371 g/mol. The molecule has 8 heteroatoms. The number of benzene rings is 1. The van der Waals surface area contributed by atoms with Gasteiger partial charge in [-0.05, 0) is 30.7 Å².